The molecule has 24 heavy (non-hydrogen) atoms. The molecule has 0 radical (unpaired) electrons. The standard InChI is InChI=1S/C17H25N3O3S/c1-12(2)23-10-6-9-18-15(21)11-20(3)17-19-16-13(22-4)7-5-8-14(16)24-17/h5,7-8,12H,6,9-11H2,1-4H3,(H,18,21). The van der Waals surface area contributed by atoms with Gasteiger partial charge in [0.05, 0.1) is 24.5 Å². The number of fused-ring (bicyclic) bond motifs is 1. The second-order valence-corrected chi connectivity index (χ2v) is 6.79. The van der Waals surface area contributed by atoms with Gasteiger partial charge in [0, 0.05) is 20.2 Å². The van der Waals surface area contributed by atoms with Gasteiger partial charge in [0.15, 0.2) is 5.13 Å². The fourth-order valence-electron chi connectivity index (χ4n) is 2.20. The zero-order valence-electron chi connectivity index (χ0n) is 14.7. The van der Waals surface area contributed by atoms with Gasteiger partial charge in [-0.15, -0.1) is 0 Å². The van der Waals surface area contributed by atoms with Crippen LogP contribution in [0.25, 0.3) is 10.2 Å². The first-order valence-electron chi connectivity index (χ1n) is 8.04. The zero-order chi connectivity index (χ0) is 17.5. The van der Waals surface area contributed by atoms with E-state index in [-0.39, 0.29) is 18.6 Å². The molecule has 7 heteroatoms. The number of likely N-dealkylation sites (N-methyl/N-ethyl adjacent to an activating group) is 1. The lowest BCUT2D eigenvalue weighted by Crippen LogP contribution is -2.35. The highest BCUT2D eigenvalue weighted by atomic mass is 32.1. The number of nitrogens with zero attached hydrogens (tertiary/aromatic N) is 2. The summed E-state index contributed by atoms with van der Waals surface area (Å²) in [6.07, 6.45) is 1.04. The lowest BCUT2D eigenvalue weighted by Gasteiger charge is -2.15. The van der Waals surface area contributed by atoms with E-state index in [0.29, 0.717) is 13.2 Å². The number of amides is 1. The number of para-hydroxylation sites is 1. The van der Waals surface area contributed by atoms with Gasteiger partial charge in [-0.3, -0.25) is 4.79 Å². The quantitative estimate of drug-likeness (QED) is 0.704. The van der Waals surface area contributed by atoms with E-state index in [1.165, 1.54) is 0 Å². The van der Waals surface area contributed by atoms with Crippen molar-refractivity contribution in [2.24, 2.45) is 0 Å². The Morgan fingerprint density at radius 3 is 2.92 bits per heavy atom. The minimum absolute atomic E-state index is 0.0201. The molecule has 0 saturated carbocycles. The third kappa shape index (κ3) is 5.07. The van der Waals surface area contributed by atoms with Gasteiger partial charge in [-0.25, -0.2) is 4.98 Å². The number of thiazole rings is 1. The molecule has 0 aliphatic rings. The molecule has 6 nitrogen and oxygen atoms in total. The Morgan fingerprint density at radius 1 is 1.42 bits per heavy atom. The maximum atomic E-state index is 12.0. The van der Waals surface area contributed by atoms with Crippen LogP contribution in [0.15, 0.2) is 18.2 Å². The third-order valence-electron chi connectivity index (χ3n) is 3.39. The van der Waals surface area contributed by atoms with Crippen LogP contribution in [-0.4, -0.2) is 50.8 Å². The SMILES string of the molecule is COc1cccc2sc(N(C)CC(=O)NCCCOC(C)C)nc12. The monoisotopic (exact) mass is 351 g/mol. The van der Waals surface area contributed by atoms with Crippen molar-refractivity contribution in [3.63, 3.8) is 0 Å². The van der Waals surface area contributed by atoms with E-state index >= 15 is 0 Å². The van der Waals surface area contributed by atoms with Crippen molar-refractivity contribution in [3.8, 4) is 5.75 Å². The Bertz CT molecular complexity index is 672. The molecule has 0 fully saturated rings. The predicted molar refractivity (Wildman–Crippen MR) is 98.2 cm³/mol. The van der Waals surface area contributed by atoms with E-state index in [0.717, 1.165) is 27.5 Å². The Labute approximate surface area is 146 Å². The minimum Gasteiger partial charge on any atom is -0.494 e. The van der Waals surface area contributed by atoms with Crippen molar-refractivity contribution in [2.45, 2.75) is 26.4 Å². The summed E-state index contributed by atoms with van der Waals surface area (Å²) in [6, 6.07) is 5.83. The fraction of sp³-hybridized carbons (Fsp3) is 0.529. The Hall–Kier alpha value is -1.86. The number of rotatable bonds is 9. The van der Waals surface area contributed by atoms with E-state index < -0.39 is 0 Å². The highest BCUT2D eigenvalue weighted by molar-refractivity contribution is 7.22. The Kier molecular flexibility index (Phi) is 6.81. The maximum Gasteiger partial charge on any atom is 0.239 e. The molecular formula is C17H25N3O3S. The first kappa shape index (κ1) is 18.5. The van der Waals surface area contributed by atoms with Crippen molar-refractivity contribution in [1.82, 2.24) is 10.3 Å². The van der Waals surface area contributed by atoms with Crippen LogP contribution in [0.5, 0.6) is 5.75 Å². The second kappa shape index (κ2) is 8.84. The first-order valence-corrected chi connectivity index (χ1v) is 8.86. The number of ether oxygens (including phenoxy) is 2. The molecule has 0 spiro atoms. The van der Waals surface area contributed by atoms with Gasteiger partial charge in [-0.05, 0) is 32.4 Å². The van der Waals surface area contributed by atoms with Crippen molar-refractivity contribution < 1.29 is 14.3 Å². The molecule has 132 valence electrons. The molecule has 1 heterocycles. The molecule has 0 aliphatic heterocycles. The summed E-state index contributed by atoms with van der Waals surface area (Å²) < 4.78 is 11.8. The summed E-state index contributed by atoms with van der Waals surface area (Å²) in [5, 5.41) is 3.70. The summed E-state index contributed by atoms with van der Waals surface area (Å²) in [6.45, 7) is 5.55. The van der Waals surface area contributed by atoms with Crippen molar-refractivity contribution in [3.05, 3.63) is 18.2 Å². The molecule has 0 bridgehead atoms. The molecule has 0 aliphatic carbocycles. The lowest BCUT2D eigenvalue weighted by atomic mass is 10.3. The van der Waals surface area contributed by atoms with Gasteiger partial charge in [0.1, 0.15) is 11.3 Å². The summed E-state index contributed by atoms with van der Waals surface area (Å²) in [5.41, 5.74) is 0.832. The van der Waals surface area contributed by atoms with E-state index in [1.54, 1.807) is 18.4 Å². The summed E-state index contributed by atoms with van der Waals surface area (Å²) in [4.78, 5) is 18.5. The van der Waals surface area contributed by atoms with Gasteiger partial charge in [-0.2, -0.15) is 0 Å². The van der Waals surface area contributed by atoms with Crippen LogP contribution in [-0.2, 0) is 9.53 Å². The van der Waals surface area contributed by atoms with E-state index in [2.05, 4.69) is 10.3 Å². The maximum absolute atomic E-state index is 12.0. The number of carbonyl (C=O) groups is 1. The number of benzene rings is 1. The average Bonchev–Trinajstić information content (AvgIpc) is 2.98. The molecule has 1 aromatic carbocycles. The van der Waals surface area contributed by atoms with Crippen LogP contribution in [0.1, 0.15) is 20.3 Å². The molecule has 1 aromatic heterocycles. The topological polar surface area (TPSA) is 63.7 Å². The molecule has 0 atom stereocenters. The summed E-state index contributed by atoms with van der Waals surface area (Å²) >= 11 is 1.55. The van der Waals surface area contributed by atoms with E-state index in [1.807, 2.05) is 44.0 Å². The van der Waals surface area contributed by atoms with Crippen molar-refractivity contribution >= 4 is 32.6 Å². The van der Waals surface area contributed by atoms with Crippen LogP contribution in [0.4, 0.5) is 5.13 Å². The normalized spacial score (nSPS) is 11.0. The van der Waals surface area contributed by atoms with Crippen molar-refractivity contribution in [2.75, 3.05) is 38.8 Å². The van der Waals surface area contributed by atoms with Gasteiger partial charge >= 0.3 is 0 Å². The Balaban J connectivity index is 1.85. The van der Waals surface area contributed by atoms with Crippen LogP contribution in [0, 0.1) is 0 Å². The number of aromatic nitrogens is 1. The molecule has 1 amide bonds. The van der Waals surface area contributed by atoms with Gasteiger partial charge in [-0.1, -0.05) is 17.4 Å². The smallest absolute Gasteiger partial charge is 0.239 e. The second-order valence-electron chi connectivity index (χ2n) is 5.78. The van der Waals surface area contributed by atoms with Gasteiger partial charge in [0.2, 0.25) is 5.91 Å². The molecule has 2 aromatic rings. The van der Waals surface area contributed by atoms with Gasteiger partial charge in [0.25, 0.3) is 0 Å². The molecule has 0 saturated heterocycles. The number of methoxy groups -OCH3 is 1. The highest BCUT2D eigenvalue weighted by Gasteiger charge is 2.14. The third-order valence-corrected chi connectivity index (χ3v) is 4.53. The van der Waals surface area contributed by atoms with Crippen LogP contribution < -0.4 is 15.0 Å². The van der Waals surface area contributed by atoms with Crippen LogP contribution in [0.3, 0.4) is 0 Å². The van der Waals surface area contributed by atoms with Crippen LogP contribution >= 0.6 is 11.3 Å². The fourth-order valence-corrected chi connectivity index (χ4v) is 3.14. The zero-order valence-corrected chi connectivity index (χ0v) is 15.5. The number of hydrogen-bond acceptors (Lipinski definition) is 6. The minimum atomic E-state index is -0.0201. The van der Waals surface area contributed by atoms with Crippen LogP contribution in [0.2, 0.25) is 0 Å². The number of carbonyl (C=O) groups excluding carboxylic acids is 1. The molecule has 2 rings (SSSR count). The molecule has 0 unspecified atom stereocenters. The van der Waals surface area contributed by atoms with Gasteiger partial charge < -0.3 is 19.7 Å². The predicted octanol–water partition coefficient (Wildman–Crippen LogP) is 2.67. The van der Waals surface area contributed by atoms with Crippen molar-refractivity contribution in [1.29, 1.82) is 0 Å². The number of hydrogen-bond donors (Lipinski definition) is 1. The summed E-state index contributed by atoms with van der Waals surface area (Å²) in [7, 11) is 3.50. The summed E-state index contributed by atoms with van der Waals surface area (Å²) in [5.74, 6) is 0.728. The van der Waals surface area contributed by atoms with E-state index in [9.17, 15) is 4.79 Å². The van der Waals surface area contributed by atoms with E-state index in [4.69, 9.17) is 9.47 Å². The molecular weight excluding hydrogens is 326 g/mol. The molecule has 1 N–H and O–H groups in total. The number of anilines is 1. The Morgan fingerprint density at radius 2 is 2.21 bits per heavy atom. The average molecular weight is 351 g/mol. The largest absolute Gasteiger partial charge is 0.494 e. The lowest BCUT2D eigenvalue weighted by molar-refractivity contribution is -0.119. The number of nitrogens with one attached hydrogen (secondary N) is 1. The first-order chi connectivity index (χ1) is 11.5. The highest BCUT2D eigenvalue weighted by Crippen LogP contribution is 2.33.